The van der Waals surface area contributed by atoms with Gasteiger partial charge in [-0.25, -0.2) is 0 Å². The molecule has 0 N–H and O–H groups in total. The van der Waals surface area contributed by atoms with Gasteiger partial charge in [-0.3, -0.25) is 19.3 Å². The third-order valence-electron chi connectivity index (χ3n) is 3.92. The van der Waals surface area contributed by atoms with Gasteiger partial charge >= 0.3 is 5.97 Å². The number of esters is 1. The fourth-order valence-electron chi connectivity index (χ4n) is 2.46. The Labute approximate surface area is 188 Å². The van der Waals surface area contributed by atoms with Crippen LogP contribution in [-0.4, -0.2) is 48.9 Å². The van der Waals surface area contributed by atoms with Crippen LogP contribution in [-0.2, 0) is 14.3 Å². The van der Waals surface area contributed by atoms with E-state index in [0.717, 1.165) is 39.5 Å². The molecule has 1 heterocycles. The summed E-state index contributed by atoms with van der Waals surface area (Å²) < 4.78 is 17.0. The normalized spacial score (nSPS) is 15.2. The van der Waals surface area contributed by atoms with Crippen LogP contribution in [0.15, 0.2) is 17.0 Å². The number of hydrogen-bond donors (Lipinski definition) is 0. The Morgan fingerprint density at radius 1 is 1.21 bits per heavy atom. The number of rotatable bonds is 10. The minimum Gasteiger partial charge on any atom is -0.493 e. The van der Waals surface area contributed by atoms with Gasteiger partial charge in [-0.15, -0.1) is 0 Å². The molecule has 1 aromatic rings. The van der Waals surface area contributed by atoms with Gasteiger partial charge in [-0.2, -0.15) is 0 Å². The number of ether oxygens (including phenoxy) is 3. The third-order valence-corrected chi connectivity index (χ3v) is 5.63. The van der Waals surface area contributed by atoms with E-state index in [1.54, 1.807) is 19.3 Å². The Bertz CT molecular complexity index is 810. The van der Waals surface area contributed by atoms with E-state index in [1.807, 2.05) is 19.9 Å². The Balaban J connectivity index is 2.16. The molecule has 158 valence electrons. The minimum absolute atomic E-state index is 0.247. The molecule has 0 radical (unpaired) electrons. The van der Waals surface area contributed by atoms with Crippen molar-refractivity contribution in [2.45, 2.75) is 33.1 Å². The van der Waals surface area contributed by atoms with Crippen LogP contribution in [0.3, 0.4) is 0 Å². The molecule has 1 fully saturated rings. The van der Waals surface area contributed by atoms with Crippen molar-refractivity contribution in [2.75, 3.05) is 26.9 Å². The summed E-state index contributed by atoms with van der Waals surface area (Å²) in [6.07, 6.45) is 4.12. The monoisotopic (exact) mass is 533 g/mol. The molecule has 2 amide bonds. The summed E-state index contributed by atoms with van der Waals surface area (Å²) in [6.45, 7) is 4.47. The zero-order chi connectivity index (χ0) is 21.4. The first kappa shape index (κ1) is 23.5. The van der Waals surface area contributed by atoms with Crippen LogP contribution in [0.5, 0.6) is 11.5 Å². The second-order valence-electron chi connectivity index (χ2n) is 6.22. The van der Waals surface area contributed by atoms with Crippen LogP contribution >= 0.6 is 34.4 Å². The largest absolute Gasteiger partial charge is 0.493 e. The van der Waals surface area contributed by atoms with E-state index in [9.17, 15) is 14.4 Å². The van der Waals surface area contributed by atoms with Crippen molar-refractivity contribution in [3.63, 3.8) is 0 Å². The van der Waals surface area contributed by atoms with Gasteiger partial charge in [-0.05, 0) is 71.0 Å². The molecule has 0 aromatic heterocycles. The lowest BCUT2D eigenvalue weighted by Crippen LogP contribution is -2.34. The number of amides is 2. The summed E-state index contributed by atoms with van der Waals surface area (Å²) in [7, 11) is 1.55. The van der Waals surface area contributed by atoms with Gasteiger partial charge in [-0.1, -0.05) is 20.3 Å². The smallest absolute Gasteiger partial charge is 0.326 e. The van der Waals surface area contributed by atoms with Gasteiger partial charge in [0.2, 0.25) is 0 Å². The average molecular weight is 533 g/mol. The zero-order valence-corrected chi connectivity index (χ0v) is 19.6. The number of methoxy groups -OCH3 is 1. The lowest BCUT2D eigenvalue weighted by atomic mass is 10.2. The molecule has 0 aliphatic carbocycles. The molecule has 7 nitrogen and oxygen atoms in total. The number of nitrogens with zero attached hydrogens (tertiary/aromatic N) is 1. The standard InChI is InChI=1S/C20H24INO6S/c1-4-6-8-27-17(23)12-22-19(24)16(29-20(22)25)11-13-9-14(21)18(28-7-5-2)15(10-13)26-3/h9-11H,4-8,12H2,1-3H3/b16-11-. The van der Waals surface area contributed by atoms with Crippen molar-refractivity contribution in [2.24, 2.45) is 0 Å². The second kappa shape index (κ2) is 11.4. The quantitative estimate of drug-likeness (QED) is 0.190. The molecule has 1 saturated heterocycles. The average Bonchev–Trinajstić information content (AvgIpc) is 2.94. The molecule has 1 aliphatic rings. The first-order valence-electron chi connectivity index (χ1n) is 9.32. The van der Waals surface area contributed by atoms with E-state index < -0.39 is 17.1 Å². The highest BCUT2D eigenvalue weighted by Gasteiger charge is 2.36. The van der Waals surface area contributed by atoms with Gasteiger partial charge in [0, 0.05) is 0 Å². The topological polar surface area (TPSA) is 82.1 Å². The first-order valence-corrected chi connectivity index (χ1v) is 11.2. The Morgan fingerprint density at radius 3 is 2.62 bits per heavy atom. The third kappa shape index (κ3) is 6.36. The van der Waals surface area contributed by atoms with E-state index >= 15 is 0 Å². The van der Waals surface area contributed by atoms with Gasteiger partial charge in [0.1, 0.15) is 6.54 Å². The number of hydrogen-bond acceptors (Lipinski definition) is 7. The van der Waals surface area contributed by atoms with E-state index in [-0.39, 0.29) is 18.1 Å². The van der Waals surface area contributed by atoms with Gasteiger partial charge in [0.15, 0.2) is 11.5 Å². The highest BCUT2D eigenvalue weighted by atomic mass is 127. The van der Waals surface area contributed by atoms with Crippen LogP contribution in [0.1, 0.15) is 38.7 Å². The summed E-state index contributed by atoms with van der Waals surface area (Å²) in [6, 6.07) is 3.60. The number of unbranched alkanes of at least 4 members (excludes halogenated alkanes) is 1. The summed E-state index contributed by atoms with van der Waals surface area (Å²) >= 11 is 2.94. The first-order chi connectivity index (χ1) is 13.9. The number of carbonyl (C=O) groups is 3. The molecule has 2 rings (SSSR count). The molecular weight excluding hydrogens is 509 g/mol. The number of benzene rings is 1. The molecule has 0 unspecified atom stereocenters. The number of thioether (sulfide) groups is 1. The molecule has 9 heteroatoms. The molecule has 0 saturated carbocycles. The van der Waals surface area contributed by atoms with Crippen molar-refractivity contribution in [1.82, 2.24) is 4.90 Å². The predicted molar refractivity (Wildman–Crippen MR) is 120 cm³/mol. The molecule has 1 aliphatic heterocycles. The summed E-state index contributed by atoms with van der Waals surface area (Å²) in [5.74, 6) is 0.105. The van der Waals surface area contributed by atoms with E-state index in [4.69, 9.17) is 14.2 Å². The van der Waals surface area contributed by atoms with Crippen molar-refractivity contribution >= 4 is 57.5 Å². The Morgan fingerprint density at radius 2 is 1.97 bits per heavy atom. The Kier molecular flexibility index (Phi) is 9.28. The van der Waals surface area contributed by atoms with Crippen molar-refractivity contribution < 1.29 is 28.6 Å². The highest BCUT2D eigenvalue weighted by Crippen LogP contribution is 2.37. The lowest BCUT2D eigenvalue weighted by molar-refractivity contribution is -0.146. The van der Waals surface area contributed by atoms with Crippen molar-refractivity contribution in [1.29, 1.82) is 0 Å². The second-order valence-corrected chi connectivity index (χ2v) is 8.38. The van der Waals surface area contributed by atoms with Crippen molar-refractivity contribution in [3.05, 3.63) is 26.2 Å². The summed E-state index contributed by atoms with van der Waals surface area (Å²) in [5.41, 5.74) is 0.700. The van der Waals surface area contributed by atoms with Gasteiger partial charge < -0.3 is 14.2 Å². The van der Waals surface area contributed by atoms with E-state index in [0.29, 0.717) is 23.7 Å². The maximum atomic E-state index is 12.6. The molecule has 29 heavy (non-hydrogen) atoms. The van der Waals surface area contributed by atoms with Crippen LogP contribution in [0.2, 0.25) is 0 Å². The van der Waals surface area contributed by atoms with E-state index in [2.05, 4.69) is 22.6 Å². The lowest BCUT2D eigenvalue weighted by Gasteiger charge is -2.13. The maximum absolute atomic E-state index is 12.6. The fourth-order valence-corrected chi connectivity index (χ4v) is 4.08. The molecule has 0 atom stereocenters. The van der Waals surface area contributed by atoms with Crippen LogP contribution in [0.4, 0.5) is 4.79 Å². The highest BCUT2D eigenvalue weighted by molar-refractivity contribution is 14.1. The van der Waals surface area contributed by atoms with Crippen LogP contribution < -0.4 is 9.47 Å². The number of halogens is 1. The summed E-state index contributed by atoms with van der Waals surface area (Å²) in [4.78, 5) is 37.8. The van der Waals surface area contributed by atoms with Gasteiger partial charge in [0.05, 0.1) is 28.8 Å². The maximum Gasteiger partial charge on any atom is 0.326 e. The van der Waals surface area contributed by atoms with E-state index in [1.165, 1.54) is 0 Å². The molecule has 1 aromatic carbocycles. The Hall–Kier alpha value is -1.75. The fraction of sp³-hybridized carbons (Fsp3) is 0.450. The number of carbonyl (C=O) groups excluding carboxylic acids is 3. The van der Waals surface area contributed by atoms with Crippen molar-refractivity contribution in [3.8, 4) is 11.5 Å². The molecule has 0 spiro atoms. The van der Waals surface area contributed by atoms with Crippen LogP contribution in [0.25, 0.3) is 6.08 Å². The zero-order valence-electron chi connectivity index (χ0n) is 16.7. The van der Waals surface area contributed by atoms with Crippen LogP contribution in [0, 0.1) is 3.57 Å². The predicted octanol–water partition coefficient (Wildman–Crippen LogP) is 4.47. The summed E-state index contributed by atoms with van der Waals surface area (Å²) in [5, 5.41) is -0.488. The van der Waals surface area contributed by atoms with Gasteiger partial charge in [0.25, 0.3) is 11.1 Å². The molecular formula is C20H24INO6S. The number of imide groups is 1. The molecule has 0 bridgehead atoms. The minimum atomic E-state index is -0.587. The SMILES string of the molecule is CCCCOC(=O)CN1C(=O)S/C(=C\c2cc(I)c(OCCC)c(OC)c2)C1=O.